The summed E-state index contributed by atoms with van der Waals surface area (Å²) in [6.07, 6.45) is 3.12. The van der Waals surface area contributed by atoms with Crippen LogP contribution in [-0.2, 0) is 9.53 Å². The molecule has 4 nitrogen and oxygen atoms in total. The molecule has 3 aromatic rings. The summed E-state index contributed by atoms with van der Waals surface area (Å²) < 4.78 is 20.5. The van der Waals surface area contributed by atoms with E-state index in [2.05, 4.69) is 0 Å². The number of nitrogens with zero attached hydrogens (tertiary/aromatic N) is 2. The average molecular weight is 378 g/mol. The quantitative estimate of drug-likeness (QED) is 0.427. The van der Waals surface area contributed by atoms with Gasteiger partial charge in [-0.15, -0.1) is 0 Å². The Hall–Kier alpha value is -3.21. The highest BCUT2D eigenvalue weighted by Gasteiger charge is 2.20. The van der Waals surface area contributed by atoms with Gasteiger partial charge in [-0.3, -0.25) is 4.57 Å². The molecule has 1 aromatic heterocycles. The molecule has 0 atom stereocenters. The van der Waals surface area contributed by atoms with Crippen molar-refractivity contribution in [2.45, 2.75) is 26.7 Å². The number of hydrogen-bond donors (Lipinski definition) is 0. The molecule has 2 aromatic carbocycles. The third-order valence-corrected chi connectivity index (χ3v) is 4.27. The van der Waals surface area contributed by atoms with Gasteiger partial charge in [-0.05, 0) is 43.2 Å². The lowest BCUT2D eigenvalue weighted by atomic mass is 10.1. The van der Waals surface area contributed by atoms with Gasteiger partial charge in [0, 0.05) is 17.3 Å². The van der Waals surface area contributed by atoms with Crippen LogP contribution >= 0.6 is 0 Å². The molecule has 28 heavy (non-hydrogen) atoms. The number of rotatable bonds is 6. The number of esters is 1. The van der Waals surface area contributed by atoms with E-state index in [1.807, 2.05) is 48.7 Å². The molecular weight excluding hydrogens is 355 g/mol. The van der Waals surface area contributed by atoms with Crippen LogP contribution in [0.3, 0.4) is 0 Å². The molecule has 0 radical (unpaired) electrons. The summed E-state index contributed by atoms with van der Waals surface area (Å²) in [5, 5.41) is 0. The van der Waals surface area contributed by atoms with Crippen molar-refractivity contribution in [3.05, 3.63) is 77.9 Å². The summed E-state index contributed by atoms with van der Waals surface area (Å²) in [6, 6.07) is 16.0. The summed E-state index contributed by atoms with van der Waals surface area (Å²) >= 11 is 0. The molecule has 0 fully saturated rings. The first-order chi connectivity index (χ1) is 13.5. The Bertz CT molecular complexity index is 974. The molecule has 0 saturated carbocycles. The molecule has 0 saturated heterocycles. The molecule has 0 bridgehead atoms. The number of benzene rings is 2. The Morgan fingerprint density at radius 3 is 2.43 bits per heavy atom. The monoisotopic (exact) mass is 378 g/mol. The lowest BCUT2D eigenvalue weighted by Gasteiger charge is -2.11. The fraction of sp³-hybridized carbons (Fsp3) is 0.217. The fourth-order valence-corrected chi connectivity index (χ4v) is 3.00. The minimum atomic E-state index is -0.412. The van der Waals surface area contributed by atoms with Crippen LogP contribution in [0.25, 0.3) is 23.2 Å². The summed E-state index contributed by atoms with van der Waals surface area (Å²) in [4.78, 5) is 16.7. The van der Waals surface area contributed by atoms with E-state index in [4.69, 9.17) is 9.72 Å². The van der Waals surface area contributed by atoms with Crippen molar-refractivity contribution in [2.75, 3.05) is 6.61 Å². The topological polar surface area (TPSA) is 44.1 Å². The molecule has 0 aliphatic heterocycles. The van der Waals surface area contributed by atoms with E-state index in [1.54, 1.807) is 25.1 Å². The van der Waals surface area contributed by atoms with Gasteiger partial charge in [0.1, 0.15) is 11.6 Å². The number of ether oxygens (including phenoxy) is 1. The Morgan fingerprint density at radius 1 is 1.14 bits per heavy atom. The van der Waals surface area contributed by atoms with Gasteiger partial charge in [-0.1, -0.05) is 44.2 Å². The smallest absolute Gasteiger partial charge is 0.330 e. The standard InChI is InChI=1S/C23H23FN2O2/c1-4-28-21(27)15-14-20-22(16(2)3)25-23(17-8-6-5-7-9-17)26(20)19-12-10-18(24)11-13-19/h5-16H,4H2,1-3H3/b15-14+. The van der Waals surface area contributed by atoms with E-state index in [1.165, 1.54) is 18.2 Å². The number of hydrogen-bond acceptors (Lipinski definition) is 3. The molecule has 0 aliphatic rings. The highest BCUT2D eigenvalue weighted by molar-refractivity contribution is 5.87. The highest BCUT2D eigenvalue weighted by atomic mass is 19.1. The van der Waals surface area contributed by atoms with E-state index in [0.717, 1.165) is 28.5 Å². The Balaban J connectivity index is 2.24. The van der Waals surface area contributed by atoms with Crippen LogP contribution in [0.1, 0.15) is 38.1 Å². The number of imidazole rings is 1. The van der Waals surface area contributed by atoms with Gasteiger partial charge in [-0.25, -0.2) is 14.2 Å². The molecule has 5 heteroatoms. The number of carbonyl (C=O) groups is 1. The van der Waals surface area contributed by atoms with Gasteiger partial charge in [-0.2, -0.15) is 0 Å². The molecule has 0 spiro atoms. The van der Waals surface area contributed by atoms with Crippen molar-refractivity contribution in [1.82, 2.24) is 9.55 Å². The van der Waals surface area contributed by atoms with Gasteiger partial charge in [0.2, 0.25) is 0 Å². The molecule has 0 N–H and O–H groups in total. The Morgan fingerprint density at radius 2 is 1.82 bits per heavy atom. The predicted molar refractivity (Wildman–Crippen MR) is 109 cm³/mol. The highest BCUT2D eigenvalue weighted by Crippen LogP contribution is 2.31. The van der Waals surface area contributed by atoms with Crippen LogP contribution in [0.2, 0.25) is 0 Å². The van der Waals surface area contributed by atoms with Gasteiger partial charge >= 0.3 is 5.97 Å². The largest absolute Gasteiger partial charge is 0.463 e. The number of carbonyl (C=O) groups excluding carboxylic acids is 1. The van der Waals surface area contributed by atoms with Crippen LogP contribution in [0.4, 0.5) is 4.39 Å². The maximum atomic E-state index is 13.5. The van der Waals surface area contributed by atoms with Crippen molar-refractivity contribution in [3.63, 3.8) is 0 Å². The minimum Gasteiger partial charge on any atom is -0.463 e. The van der Waals surface area contributed by atoms with Crippen LogP contribution in [0, 0.1) is 5.82 Å². The van der Waals surface area contributed by atoms with Crippen molar-refractivity contribution in [1.29, 1.82) is 0 Å². The second-order valence-corrected chi connectivity index (χ2v) is 6.62. The zero-order valence-corrected chi connectivity index (χ0v) is 16.2. The van der Waals surface area contributed by atoms with Crippen LogP contribution in [0.5, 0.6) is 0 Å². The summed E-state index contributed by atoms with van der Waals surface area (Å²) in [6.45, 7) is 6.18. The van der Waals surface area contributed by atoms with E-state index >= 15 is 0 Å². The normalized spacial score (nSPS) is 11.3. The zero-order valence-electron chi connectivity index (χ0n) is 16.2. The van der Waals surface area contributed by atoms with E-state index in [-0.39, 0.29) is 11.7 Å². The second-order valence-electron chi connectivity index (χ2n) is 6.62. The number of aromatic nitrogens is 2. The van der Waals surface area contributed by atoms with E-state index < -0.39 is 5.97 Å². The van der Waals surface area contributed by atoms with E-state index in [0.29, 0.717) is 6.61 Å². The summed E-state index contributed by atoms with van der Waals surface area (Å²) in [5.41, 5.74) is 3.32. The Labute approximate surface area is 164 Å². The molecule has 144 valence electrons. The van der Waals surface area contributed by atoms with Gasteiger partial charge in [0.05, 0.1) is 18.0 Å². The SMILES string of the molecule is CCOC(=O)/C=C/c1c(C(C)C)nc(-c2ccccc2)n1-c1ccc(F)cc1. The van der Waals surface area contributed by atoms with Crippen molar-refractivity contribution in [3.8, 4) is 17.1 Å². The molecule has 1 heterocycles. The van der Waals surface area contributed by atoms with E-state index in [9.17, 15) is 9.18 Å². The van der Waals surface area contributed by atoms with Crippen molar-refractivity contribution in [2.24, 2.45) is 0 Å². The van der Waals surface area contributed by atoms with Crippen LogP contribution < -0.4 is 0 Å². The summed E-state index contributed by atoms with van der Waals surface area (Å²) in [7, 11) is 0. The lowest BCUT2D eigenvalue weighted by Crippen LogP contribution is -2.03. The van der Waals surface area contributed by atoms with Crippen molar-refractivity contribution >= 4 is 12.0 Å². The first-order valence-electron chi connectivity index (χ1n) is 9.30. The fourth-order valence-electron chi connectivity index (χ4n) is 3.00. The Kier molecular flexibility index (Phi) is 6.04. The minimum absolute atomic E-state index is 0.131. The van der Waals surface area contributed by atoms with Gasteiger partial charge < -0.3 is 4.74 Å². The van der Waals surface area contributed by atoms with Gasteiger partial charge in [0.25, 0.3) is 0 Å². The first-order valence-corrected chi connectivity index (χ1v) is 9.30. The predicted octanol–water partition coefficient (Wildman–Crippen LogP) is 5.38. The second kappa shape index (κ2) is 8.65. The van der Waals surface area contributed by atoms with Crippen molar-refractivity contribution < 1.29 is 13.9 Å². The summed E-state index contributed by atoms with van der Waals surface area (Å²) in [5.74, 6) is 0.147. The maximum absolute atomic E-state index is 13.5. The third-order valence-electron chi connectivity index (χ3n) is 4.27. The molecule has 0 amide bonds. The lowest BCUT2D eigenvalue weighted by molar-refractivity contribution is -0.137. The van der Waals surface area contributed by atoms with Gasteiger partial charge in [0.15, 0.2) is 0 Å². The first kappa shape index (κ1) is 19.5. The maximum Gasteiger partial charge on any atom is 0.330 e. The third kappa shape index (κ3) is 4.19. The molecule has 0 unspecified atom stereocenters. The molecular formula is C23H23FN2O2. The average Bonchev–Trinajstić information content (AvgIpc) is 3.08. The van der Waals surface area contributed by atoms with Crippen LogP contribution in [-0.4, -0.2) is 22.1 Å². The molecule has 0 aliphatic carbocycles. The zero-order chi connectivity index (χ0) is 20.1. The van der Waals surface area contributed by atoms with Crippen LogP contribution in [0.15, 0.2) is 60.7 Å². The molecule has 3 rings (SSSR count). The number of halogens is 1.